The zero-order chi connectivity index (χ0) is 9.89. The van der Waals surface area contributed by atoms with Gasteiger partial charge in [0.25, 0.3) is 0 Å². The second-order valence-corrected chi connectivity index (χ2v) is 4.16. The van der Waals surface area contributed by atoms with Gasteiger partial charge in [0.05, 0.1) is 12.2 Å². The number of aliphatic hydroxyl groups excluding tert-OH is 2. The fraction of sp³-hybridized carbons (Fsp3) is 1.00. The third-order valence-electron chi connectivity index (χ3n) is 2.69. The van der Waals surface area contributed by atoms with Crippen LogP contribution in [-0.2, 0) is 0 Å². The maximum absolute atomic E-state index is 9.49. The summed E-state index contributed by atoms with van der Waals surface area (Å²) < 4.78 is 0. The molecule has 2 nitrogen and oxygen atoms in total. The molecule has 0 saturated heterocycles. The molecule has 0 fully saturated rings. The standard InChI is InChI=1S/C10H22O2/c1-6(2)10(9(5)12)7(3)8(4)11/h6-12H,1-5H3. The van der Waals surface area contributed by atoms with Gasteiger partial charge in [-0.15, -0.1) is 0 Å². The Morgan fingerprint density at radius 2 is 1.17 bits per heavy atom. The molecule has 2 N–H and O–H groups in total. The molecule has 0 bridgehead atoms. The van der Waals surface area contributed by atoms with E-state index in [0.717, 1.165) is 0 Å². The lowest BCUT2D eigenvalue weighted by Gasteiger charge is -2.31. The van der Waals surface area contributed by atoms with Gasteiger partial charge in [-0.2, -0.15) is 0 Å². The summed E-state index contributed by atoms with van der Waals surface area (Å²) in [6.45, 7) is 9.72. The molecule has 12 heavy (non-hydrogen) atoms. The highest BCUT2D eigenvalue weighted by atomic mass is 16.3. The molecule has 0 saturated carbocycles. The molecule has 0 amide bonds. The molecule has 0 aliphatic heterocycles. The lowest BCUT2D eigenvalue weighted by Crippen LogP contribution is -2.34. The van der Waals surface area contributed by atoms with Crippen LogP contribution in [0.5, 0.6) is 0 Å². The molecular weight excluding hydrogens is 152 g/mol. The van der Waals surface area contributed by atoms with E-state index in [1.807, 2.05) is 6.92 Å². The van der Waals surface area contributed by atoms with E-state index in [9.17, 15) is 10.2 Å². The van der Waals surface area contributed by atoms with Crippen LogP contribution >= 0.6 is 0 Å². The number of hydrogen-bond acceptors (Lipinski definition) is 2. The van der Waals surface area contributed by atoms with Crippen LogP contribution in [-0.4, -0.2) is 22.4 Å². The lowest BCUT2D eigenvalue weighted by atomic mass is 9.78. The molecule has 0 aromatic rings. The second-order valence-electron chi connectivity index (χ2n) is 4.16. The van der Waals surface area contributed by atoms with E-state index in [-0.39, 0.29) is 24.0 Å². The van der Waals surface area contributed by atoms with Crippen molar-refractivity contribution in [2.75, 3.05) is 0 Å². The minimum atomic E-state index is -0.341. The summed E-state index contributed by atoms with van der Waals surface area (Å²) in [7, 11) is 0. The first-order valence-corrected chi connectivity index (χ1v) is 4.74. The van der Waals surface area contributed by atoms with Crippen LogP contribution in [0.25, 0.3) is 0 Å². The van der Waals surface area contributed by atoms with Crippen molar-refractivity contribution in [2.24, 2.45) is 17.8 Å². The van der Waals surface area contributed by atoms with Gasteiger partial charge < -0.3 is 10.2 Å². The molecule has 2 heteroatoms. The van der Waals surface area contributed by atoms with Gasteiger partial charge in [0.1, 0.15) is 0 Å². The van der Waals surface area contributed by atoms with Crippen LogP contribution in [0.1, 0.15) is 34.6 Å². The van der Waals surface area contributed by atoms with Gasteiger partial charge in [-0.3, -0.25) is 0 Å². The summed E-state index contributed by atoms with van der Waals surface area (Å²) >= 11 is 0. The van der Waals surface area contributed by atoms with Crippen LogP contribution in [0.15, 0.2) is 0 Å². The van der Waals surface area contributed by atoms with E-state index in [1.54, 1.807) is 13.8 Å². The Bertz CT molecular complexity index is 111. The largest absolute Gasteiger partial charge is 0.393 e. The summed E-state index contributed by atoms with van der Waals surface area (Å²) in [6, 6.07) is 0. The Labute approximate surface area is 75.6 Å². The molecule has 0 spiro atoms. The van der Waals surface area contributed by atoms with E-state index in [0.29, 0.717) is 5.92 Å². The van der Waals surface area contributed by atoms with Crippen molar-refractivity contribution in [3.63, 3.8) is 0 Å². The minimum absolute atomic E-state index is 0.157. The quantitative estimate of drug-likeness (QED) is 0.680. The number of hydrogen-bond donors (Lipinski definition) is 2. The van der Waals surface area contributed by atoms with Gasteiger partial charge in [0, 0.05) is 0 Å². The van der Waals surface area contributed by atoms with E-state index < -0.39 is 0 Å². The first-order chi connectivity index (χ1) is 5.37. The average Bonchev–Trinajstić information content (AvgIpc) is 1.85. The van der Waals surface area contributed by atoms with Crippen molar-refractivity contribution < 1.29 is 10.2 Å². The van der Waals surface area contributed by atoms with Crippen LogP contribution in [0, 0.1) is 17.8 Å². The molecule has 0 aromatic carbocycles. The molecule has 0 radical (unpaired) electrons. The molecule has 0 rings (SSSR count). The predicted octanol–water partition coefficient (Wildman–Crippen LogP) is 1.66. The van der Waals surface area contributed by atoms with E-state index in [1.165, 1.54) is 0 Å². The zero-order valence-corrected chi connectivity index (χ0v) is 8.78. The Hall–Kier alpha value is -0.0800. The van der Waals surface area contributed by atoms with Crippen molar-refractivity contribution in [1.29, 1.82) is 0 Å². The Morgan fingerprint density at radius 3 is 1.25 bits per heavy atom. The zero-order valence-electron chi connectivity index (χ0n) is 8.78. The molecule has 4 atom stereocenters. The predicted molar refractivity (Wildman–Crippen MR) is 50.9 cm³/mol. The Kier molecular flexibility index (Phi) is 4.80. The van der Waals surface area contributed by atoms with Gasteiger partial charge in [-0.25, -0.2) is 0 Å². The molecule has 4 unspecified atom stereocenters. The van der Waals surface area contributed by atoms with Crippen molar-refractivity contribution in [3.05, 3.63) is 0 Å². The highest BCUT2D eigenvalue weighted by Crippen LogP contribution is 2.26. The maximum atomic E-state index is 9.49. The van der Waals surface area contributed by atoms with Crippen molar-refractivity contribution in [2.45, 2.75) is 46.8 Å². The topological polar surface area (TPSA) is 40.5 Å². The molecule has 74 valence electrons. The molecule has 0 aliphatic rings. The van der Waals surface area contributed by atoms with E-state index in [2.05, 4.69) is 13.8 Å². The SMILES string of the molecule is CC(C)C(C(C)O)C(C)C(C)O. The normalized spacial score (nSPS) is 22.0. The Balaban J connectivity index is 4.30. The first kappa shape index (κ1) is 11.9. The average molecular weight is 174 g/mol. The van der Waals surface area contributed by atoms with Gasteiger partial charge >= 0.3 is 0 Å². The smallest absolute Gasteiger partial charge is 0.0546 e. The van der Waals surface area contributed by atoms with Gasteiger partial charge in [0.15, 0.2) is 0 Å². The maximum Gasteiger partial charge on any atom is 0.0546 e. The summed E-state index contributed by atoms with van der Waals surface area (Å²) in [5, 5.41) is 18.9. The second kappa shape index (κ2) is 4.83. The summed E-state index contributed by atoms with van der Waals surface area (Å²) in [4.78, 5) is 0. The highest BCUT2D eigenvalue weighted by molar-refractivity contribution is 4.77. The Morgan fingerprint density at radius 1 is 0.750 bits per heavy atom. The van der Waals surface area contributed by atoms with Gasteiger partial charge in [0.2, 0.25) is 0 Å². The summed E-state index contributed by atoms with van der Waals surface area (Å²) in [6.07, 6.45) is -0.679. The highest BCUT2D eigenvalue weighted by Gasteiger charge is 2.27. The van der Waals surface area contributed by atoms with Crippen LogP contribution in [0.2, 0.25) is 0 Å². The fourth-order valence-corrected chi connectivity index (χ4v) is 1.93. The van der Waals surface area contributed by atoms with Crippen LogP contribution < -0.4 is 0 Å². The summed E-state index contributed by atoms with van der Waals surface area (Å²) in [5.41, 5.74) is 0. The molecule has 0 aliphatic carbocycles. The molecule has 0 aromatic heterocycles. The minimum Gasteiger partial charge on any atom is -0.393 e. The van der Waals surface area contributed by atoms with E-state index in [4.69, 9.17) is 0 Å². The fourth-order valence-electron chi connectivity index (χ4n) is 1.93. The lowest BCUT2D eigenvalue weighted by molar-refractivity contribution is 0.00861. The van der Waals surface area contributed by atoms with Gasteiger partial charge in [-0.1, -0.05) is 20.8 Å². The number of aliphatic hydroxyl groups is 2. The number of rotatable bonds is 4. The molecule has 0 heterocycles. The third-order valence-corrected chi connectivity index (χ3v) is 2.69. The third kappa shape index (κ3) is 3.11. The van der Waals surface area contributed by atoms with Crippen LogP contribution in [0.4, 0.5) is 0 Å². The van der Waals surface area contributed by atoms with Crippen molar-refractivity contribution in [3.8, 4) is 0 Å². The van der Waals surface area contributed by atoms with Crippen molar-refractivity contribution in [1.82, 2.24) is 0 Å². The summed E-state index contributed by atoms with van der Waals surface area (Å²) in [5.74, 6) is 0.754. The first-order valence-electron chi connectivity index (χ1n) is 4.74. The molecular formula is C10H22O2. The van der Waals surface area contributed by atoms with Crippen LogP contribution in [0.3, 0.4) is 0 Å². The monoisotopic (exact) mass is 174 g/mol. The van der Waals surface area contributed by atoms with Gasteiger partial charge in [-0.05, 0) is 31.6 Å². The van der Waals surface area contributed by atoms with E-state index >= 15 is 0 Å². The van der Waals surface area contributed by atoms with Crippen molar-refractivity contribution >= 4 is 0 Å².